The van der Waals surface area contributed by atoms with Crippen molar-refractivity contribution in [3.05, 3.63) is 95.6 Å². The number of likely N-dealkylation sites (N-methyl/N-ethyl adjacent to an activating group) is 1. The van der Waals surface area contributed by atoms with E-state index >= 15 is 0 Å². The Kier molecular flexibility index (Phi) is 9.47. The van der Waals surface area contributed by atoms with E-state index in [0.717, 1.165) is 27.4 Å². The van der Waals surface area contributed by atoms with Crippen LogP contribution in [0.3, 0.4) is 0 Å². The lowest BCUT2D eigenvalue weighted by Gasteiger charge is -2.33. The molecule has 0 saturated carbocycles. The fourth-order valence-corrected chi connectivity index (χ4v) is 5.64. The number of rotatable bonds is 11. The van der Waals surface area contributed by atoms with Crippen molar-refractivity contribution in [2.75, 3.05) is 17.9 Å². The first-order valence-corrected chi connectivity index (χ1v) is 13.9. The van der Waals surface area contributed by atoms with Crippen molar-refractivity contribution in [1.29, 1.82) is 0 Å². The van der Waals surface area contributed by atoms with Crippen LogP contribution in [0, 0.1) is 6.92 Å². The molecule has 3 rings (SSSR count). The van der Waals surface area contributed by atoms with Gasteiger partial charge in [-0.25, -0.2) is 8.42 Å². The lowest BCUT2D eigenvalue weighted by molar-refractivity contribution is -0.140. The van der Waals surface area contributed by atoms with Crippen molar-refractivity contribution >= 4 is 27.5 Å². The molecule has 7 nitrogen and oxygen atoms in total. The average molecular weight is 522 g/mol. The quantitative estimate of drug-likeness (QED) is 0.408. The molecule has 0 unspecified atom stereocenters. The zero-order valence-electron chi connectivity index (χ0n) is 21.8. The van der Waals surface area contributed by atoms with Crippen LogP contribution >= 0.6 is 0 Å². The number of nitrogens with zero attached hydrogens (tertiary/aromatic N) is 2. The fraction of sp³-hybridized carbons (Fsp3) is 0.310. The van der Waals surface area contributed by atoms with E-state index in [0.29, 0.717) is 12.1 Å². The maximum atomic E-state index is 13.9. The Bertz CT molecular complexity index is 1310. The van der Waals surface area contributed by atoms with E-state index in [1.807, 2.05) is 57.2 Å². The van der Waals surface area contributed by atoms with E-state index in [1.54, 1.807) is 30.3 Å². The number of nitrogens with one attached hydrogen (secondary N) is 1. The maximum Gasteiger partial charge on any atom is 0.264 e. The topological polar surface area (TPSA) is 86.8 Å². The molecule has 3 aromatic carbocycles. The van der Waals surface area contributed by atoms with Gasteiger partial charge in [0.1, 0.15) is 12.6 Å². The number of carbonyl (C=O) groups excluding carboxylic acids is 2. The van der Waals surface area contributed by atoms with Crippen molar-refractivity contribution < 1.29 is 18.0 Å². The third-order valence-corrected chi connectivity index (χ3v) is 8.26. The summed E-state index contributed by atoms with van der Waals surface area (Å²) in [7, 11) is -2.53. The average Bonchev–Trinajstić information content (AvgIpc) is 2.92. The van der Waals surface area contributed by atoms with Gasteiger partial charge in [-0.05, 0) is 60.7 Å². The van der Waals surface area contributed by atoms with E-state index in [4.69, 9.17) is 0 Å². The summed E-state index contributed by atoms with van der Waals surface area (Å²) in [5.74, 6) is -0.757. The predicted molar refractivity (Wildman–Crippen MR) is 147 cm³/mol. The van der Waals surface area contributed by atoms with Gasteiger partial charge in [-0.2, -0.15) is 0 Å². The predicted octanol–water partition coefficient (Wildman–Crippen LogP) is 4.31. The second-order valence-electron chi connectivity index (χ2n) is 8.83. The number of hydrogen-bond acceptors (Lipinski definition) is 4. The molecule has 2 amide bonds. The molecule has 3 aromatic rings. The number of aryl methyl sites for hydroxylation is 2. The lowest BCUT2D eigenvalue weighted by Crippen LogP contribution is -2.51. The van der Waals surface area contributed by atoms with Gasteiger partial charge in [0.15, 0.2) is 0 Å². The molecule has 196 valence electrons. The van der Waals surface area contributed by atoms with E-state index in [9.17, 15) is 18.0 Å². The van der Waals surface area contributed by atoms with Crippen LogP contribution in [-0.4, -0.2) is 44.8 Å². The maximum absolute atomic E-state index is 13.9. The van der Waals surface area contributed by atoms with Gasteiger partial charge in [0.2, 0.25) is 11.8 Å². The molecule has 0 fully saturated rings. The highest BCUT2D eigenvalue weighted by Gasteiger charge is 2.33. The van der Waals surface area contributed by atoms with Gasteiger partial charge in [-0.15, -0.1) is 0 Å². The molecular formula is C29H35N3O4S. The Morgan fingerprint density at radius 3 is 2.08 bits per heavy atom. The Balaban J connectivity index is 2.06. The lowest BCUT2D eigenvalue weighted by atomic mass is 10.1. The normalized spacial score (nSPS) is 12.0. The van der Waals surface area contributed by atoms with Crippen molar-refractivity contribution in [3.8, 4) is 0 Å². The van der Waals surface area contributed by atoms with Crippen molar-refractivity contribution in [2.45, 2.75) is 51.1 Å². The fourth-order valence-electron chi connectivity index (χ4n) is 4.20. The van der Waals surface area contributed by atoms with E-state index in [1.165, 1.54) is 24.1 Å². The van der Waals surface area contributed by atoms with Crippen LogP contribution in [0.15, 0.2) is 83.8 Å². The highest BCUT2D eigenvalue weighted by Crippen LogP contribution is 2.25. The first-order valence-electron chi connectivity index (χ1n) is 12.4. The van der Waals surface area contributed by atoms with Gasteiger partial charge in [-0.3, -0.25) is 13.9 Å². The molecule has 1 N–H and O–H groups in total. The standard InChI is InChI=1S/C29H35N3O4S/c1-5-23-16-18-25(19-17-23)32(37(35,36)26-14-8-7-9-15-26)21-28(33)31(27(6-2)29(34)30-4)20-24-13-11-10-12-22(24)3/h7-19,27H,5-6,20-21H2,1-4H3,(H,30,34)/t27-/m0/s1. The number of sulfonamides is 1. The van der Waals surface area contributed by atoms with Gasteiger partial charge in [0.05, 0.1) is 10.6 Å². The summed E-state index contributed by atoms with van der Waals surface area (Å²) < 4.78 is 28.7. The monoisotopic (exact) mass is 521 g/mol. The first kappa shape index (κ1) is 27.9. The summed E-state index contributed by atoms with van der Waals surface area (Å²) in [6.07, 6.45) is 1.19. The largest absolute Gasteiger partial charge is 0.357 e. The summed E-state index contributed by atoms with van der Waals surface area (Å²) in [6, 6.07) is 22.1. The van der Waals surface area contributed by atoms with E-state index in [-0.39, 0.29) is 17.3 Å². The zero-order chi connectivity index (χ0) is 27.0. The van der Waals surface area contributed by atoms with Crippen molar-refractivity contribution in [1.82, 2.24) is 10.2 Å². The molecule has 0 saturated heterocycles. The minimum absolute atomic E-state index is 0.0890. The molecule has 0 spiro atoms. The molecular weight excluding hydrogens is 486 g/mol. The minimum atomic E-state index is -4.06. The third kappa shape index (κ3) is 6.57. The molecule has 0 aliphatic carbocycles. The molecule has 0 aromatic heterocycles. The molecule has 0 aliphatic rings. The highest BCUT2D eigenvalue weighted by molar-refractivity contribution is 7.92. The summed E-state index contributed by atoms with van der Waals surface area (Å²) in [4.78, 5) is 28.2. The number of amides is 2. The van der Waals surface area contributed by atoms with Crippen molar-refractivity contribution in [3.63, 3.8) is 0 Å². The van der Waals surface area contributed by atoms with E-state index in [2.05, 4.69) is 5.32 Å². The summed E-state index contributed by atoms with van der Waals surface area (Å²) in [6.45, 7) is 5.54. The number of hydrogen-bond donors (Lipinski definition) is 1. The Morgan fingerprint density at radius 2 is 1.51 bits per heavy atom. The summed E-state index contributed by atoms with van der Waals surface area (Å²) >= 11 is 0. The Labute approximate surface area is 220 Å². The molecule has 0 aliphatic heterocycles. The van der Waals surface area contributed by atoms with Crippen LogP contribution < -0.4 is 9.62 Å². The summed E-state index contributed by atoms with van der Waals surface area (Å²) in [5, 5.41) is 2.64. The van der Waals surface area contributed by atoms with Crippen LogP contribution in [0.5, 0.6) is 0 Å². The second kappa shape index (κ2) is 12.5. The molecule has 0 bridgehead atoms. The number of carbonyl (C=O) groups is 2. The van der Waals surface area contributed by atoms with Gasteiger partial charge < -0.3 is 10.2 Å². The van der Waals surface area contributed by atoms with Crippen LogP contribution in [0.1, 0.15) is 37.0 Å². The van der Waals surface area contributed by atoms with Crippen LogP contribution in [0.4, 0.5) is 5.69 Å². The van der Waals surface area contributed by atoms with Gasteiger partial charge in [-0.1, -0.05) is 68.4 Å². The number of anilines is 1. The molecule has 1 atom stereocenters. The van der Waals surface area contributed by atoms with Crippen LogP contribution in [-0.2, 0) is 32.6 Å². The van der Waals surface area contributed by atoms with E-state index < -0.39 is 28.5 Å². The van der Waals surface area contributed by atoms with Crippen LogP contribution in [0.2, 0.25) is 0 Å². The van der Waals surface area contributed by atoms with Gasteiger partial charge >= 0.3 is 0 Å². The molecule has 0 radical (unpaired) electrons. The minimum Gasteiger partial charge on any atom is -0.357 e. The third-order valence-electron chi connectivity index (χ3n) is 6.48. The molecule has 37 heavy (non-hydrogen) atoms. The number of benzene rings is 3. The van der Waals surface area contributed by atoms with Gasteiger partial charge in [0, 0.05) is 13.6 Å². The van der Waals surface area contributed by atoms with Gasteiger partial charge in [0.25, 0.3) is 10.0 Å². The van der Waals surface area contributed by atoms with Crippen molar-refractivity contribution in [2.24, 2.45) is 0 Å². The molecule has 8 heteroatoms. The molecule has 0 heterocycles. The van der Waals surface area contributed by atoms with Crippen LogP contribution in [0.25, 0.3) is 0 Å². The Hall–Kier alpha value is -3.65. The SMILES string of the molecule is CCc1ccc(N(CC(=O)N(Cc2ccccc2C)[C@@H](CC)C(=O)NC)S(=O)(=O)c2ccccc2)cc1. The smallest absolute Gasteiger partial charge is 0.264 e. The summed E-state index contributed by atoms with van der Waals surface area (Å²) in [5.41, 5.74) is 3.32. The second-order valence-corrected chi connectivity index (χ2v) is 10.7. The highest BCUT2D eigenvalue weighted by atomic mass is 32.2. The zero-order valence-corrected chi connectivity index (χ0v) is 22.7. The first-order chi connectivity index (χ1) is 17.7. The Morgan fingerprint density at radius 1 is 0.892 bits per heavy atom.